The van der Waals surface area contributed by atoms with Gasteiger partial charge in [-0.2, -0.15) is 5.10 Å². The van der Waals surface area contributed by atoms with Crippen LogP contribution in [0.1, 0.15) is 22.3 Å². The van der Waals surface area contributed by atoms with Gasteiger partial charge < -0.3 is 4.90 Å². The summed E-state index contributed by atoms with van der Waals surface area (Å²) < 4.78 is 2.19. The quantitative estimate of drug-likeness (QED) is 0.144. The predicted molar refractivity (Wildman–Crippen MR) is 286 cm³/mol. The molecule has 0 amide bonds. The van der Waals surface area contributed by atoms with Crippen LogP contribution in [0.5, 0.6) is 0 Å². The van der Waals surface area contributed by atoms with Crippen molar-refractivity contribution in [2.75, 3.05) is 4.90 Å². The monoisotopic (exact) mass is 879 g/mol. The van der Waals surface area contributed by atoms with Crippen LogP contribution < -0.4 is 4.90 Å². The summed E-state index contributed by atoms with van der Waals surface area (Å²) in [6.45, 7) is 0. The summed E-state index contributed by atoms with van der Waals surface area (Å²) >= 11 is 0. The van der Waals surface area contributed by atoms with Crippen molar-refractivity contribution in [3.63, 3.8) is 0 Å². The molecule has 0 unspecified atom stereocenters. The number of rotatable bonds is 9. The second-order valence-corrected chi connectivity index (χ2v) is 17.9. The maximum Gasteiger partial charge on any atom is 0.101 e. The van der Waals surface area contributed by atoms with Crippen LogP contribution in [0.25, 0.3) is 72.2 Å². The lowest BCUT2D eigenvalue weighted by Gasteiger charge is -2.34. The third-order valence-corrected chi connectivity index (χ3v) is 14.1. The molecule has 0 N–H and O–H groups in total. The van der Waals surface area contributed by atoms with Crippen molar-refractivity contribution in [3.8, 4) is 55.9 Å². The number of pyridine rings is 1. The summed E-state index contributed by atoms with van der Waals surface area (Å²) in [6.07, 6.45) is 0. The second kappa shape index (κ2) is 16.7. The summed E-state index contributed by atoms with van der Waals surface area (Å²) in [5, 5.41) is 7.81. The van der Waals surface area contributed by atoms with Gasteiger partial charge in [-0.15, -0.1) is 0 Å². The highest BCUT2D eigenvalue weighted by molar-refractivity contribution is 6.10. The lowest BCUT2D eigenvalue weighted by Crippen LogP contribution is -2.28. The van der Waals surface area contributed by atoms with E-state index in [-0.39, 0.29) is 0 Å². The van der Waals surface area contributed by atoms with Crippen molar-refractivity contribution in [2.45, 2.75) is 5.41 Å². The summed E-state index contributed by atoms with van der Waals surface area (Å²) in [5.74, 6) is 0. The van der Waals surface area contributed by atoms with E-state index in [2.05, 4.69) is 282 Å². The van der Waals surface area contributed by atoms with Gasteiger partial charge in [0.05, 0.1) is 22.3 Å². The van der Waals surface area contributed by atoms with E-state index in [1.807, 2.05) is 0 Å². The molecule has 0 aliphatic heterocycles. The minimum atomic E-state index is -0.549. The van der Waals surface area contributed by atoms with Gasteiger partial charge in [0, 0.05) is 39.0 Å². The molecule has 0 fully saturated rings. The van der Waals surface area contributed by atoms with Gasteiger partial charge in [-0.05, 0) is 86.3 Å². The van der Waals surface area contributed by atoms with Crippen LogP contribution in [0.3, 0.4) is 0 Å². The standard InChI is InChI=1S/C66H45N3/c1-7-22-46(23-8-1)47-38-41-54(42-39-47)68(60-37-21-36-59-63(60)56-34-19-20-35-58(56)66(59,52-30-15-5-16-31-52)53-32-17-6-18-33-53)55-43-40-51-44-61(48-24-9-2-10-25-48)69-65(57(51)45-55)62(49-26-11-3-12-27-49)64(67-69)50-28-13-4-14-29-50/h1-45H. The van der Waals surface area contributed by atoms with E-state index >= 15 is 0 Å². The van der Waals surface area contributed by atoms with E-state index in [1.54, 1.807) is 0 Å². The molecule has 2 aromatic heterocycles. The molecule has 1 aliphatic carbocycles. The average molecular weight is 880 g/mol. The first-order chi connectivity index (χ1) is 34.3. The van der Waals surface area contributed by atoms with Gasteiger partial charge in [-0.1, -0.05) is 237 Å². The summed E-state index contributed by atoms with van der Waals surface area (Å²) in [5.41, 5.74) is 19.9. The largest absolute Gasteiger partial charge is 0.310 e. The van der Waals surface area contributed by atoms with E-state index in [4.69, 9.17) is 5.10 Å². The van der Waals surface area contributed by atoms with Crippen molar-refractivity contribution in [1.29, 1.82) is 0 Å². The number of hydrogen-bond acceptors (Lipinski definition) is 2. The maximum atomic E-state index is 5.56. The van der Waals surface area contributed by atoms with Crippen LogP contribution >= 0.6 is 0 Å². The Morgan fingerprint density at radius 3 is 1.51 bits per heavy atom. The van der Waals surface area contributed by atoms with Crippen LogP contribution in [0.4, 0.5) is 17.1 Å². The van der Waals surface area contributed by atoms with Crippen molar-refractivity contribution in [2.24, 2.45) is 0 Å². The zero-order valence-electron chi connectivity index (χ0n) is 37.8. The number of aromatic nitrogens is 2. The van der Waals surface area contributed by atoms with Gasteiger partial charge in [0.15, 0.2) is 0 Å². The fourth-order valence-corrected chi connectivity index (χ4v) is 11.1. The number of benzene rings is 10. The van der Waals surface area contributed by atoms with Crippen LogP contribution in [0, 0.1) is 0 Å². The summed E-state index contributed by atoms with van der Waals surface area (Å²) in [7, 11) is 0. The van der Waals surface area contributed by atoms with E-state index in [1.165, 1.54) is 44.5 Å². The van der Waals surface area contributed by atoms with Crippen molar-refractivity contribution in [3.05, 3.63) is 295 Å². The maximum absolute atomic E-state index is 5.56. The minimum Gasteiger partial charge on any atom is -0.310 e. The molecule has 2 heterocycles. The minimum absolute atomic E-state index is 0.549. The summed E-state index contributed by atoms with van der Waals surface area (Å²) in [4.78, 5) is 2.48. The predicted octanol–water partition coefficient (Wildman–Crippen LogP) is 17.0. The van der Waals surface area contributed by atoms with E-state index < -0.39 is 5.41 Å². The topological polar surface area (TPSA) is 20.5 Å². The lowest BCUT2D eigenvalue weighted by molar-refractivity contribution is 0.768. The van der Waals surface area contributed by atoms with E-state index in [0.29, 0.717) is 0 Å². The molecule has 69 heavy (non-hydrogen) atoms. The molecule has 10 aromatic carbocycles. The molecule has 3 heteroatoms. The molecular weight excluding hydrogens is 835 g/mol. The fraction of sp³-hybridized carbons (Fsp3) is 0.0152. The van der Waals surface area contributed by atoms with Gasteiger partial charge in [0.25, 0.3) is 0 Å². The smallest absolute Gasteiger partial charge is 0.101 e. The molecule has 0 radical (unpaired) electrons. The van der Waals surface area contributed by atoms with Gasteiger partial charge in [-0.25, -0.2) is 4.52 Å². The molecule has 0 saturated heterocycles. The first-order valence-electron chi connectivity index (χ1n) is 23.7. The zero-order chi connectivity index (χ0) is 45.7. The van der Waals surface area contributed by atoms with Crippen molar-refractivity contribution in [1.82, 2.24) is 9.61 Å². The Bertz CT molecular complexity index is 3750. The first-order valence-corrected chi connectivity index (χ1v) is 23.7. The van der Waals surface area contributed by atoms with E-state index in [0.717, 1.165) is 67.0 Å². The Morgan fingerprint density at radius 2 is 0.870 bits per heavy atom. The molecular formula is C66H45N3. The SMILES string of the molecule is c1ccc(-c2ccc(N(c3ccc4cc(-c5ccccc5)n5nc(-c6ccccc6)c(-c6ccccc6)c5c4c3)c3cccc4c3-c3ccccc3C4(c3ccccc3)c3ccccc3)cc2)cc1. The number of nitrogens with zero attached hydrogens (tertiary/aromatic N) is 3. The lowest BCUT2D eigenvalue weighted by atomic mass is 9.68. The van der Waals surface area contributed by atoms with Gasteiger partial charge in [-0.3, -0.25) is 0 Å². The van der Waals surface area contributed by atoms with E-state index in [9.17, 15) is 0 Å². The molecule has 0 saturated carbocycles. The molecule has 13 rings (SSSR count). The van der Waals surface area contributed by atoms with Crippen LogP contribution in [0.15, 0.2) is 273 Å². The first kappa shape index (κ1) is 40.2. The number of fused-ring (bicyclic) bond motifs is 6. The number of anilines is 3. The highest BCUT2D eigenvalue weighted by atomic mass is 15.2. The number of hydrogen-bond donors (Lipinski definition) is 0. The molecule has 324 valence electrons. The highest BCUT2D eigenvalue weighted by Gasteiger charge is 2.47. The second-order valence-electron chi connectivity index (χ2n) is 17.9. The summed E-state index contributed by atoms with van der Waals surface area (Å²) in [6, 6.07) is 99.2. The molecule has 3 nitrogen and oxygen atoms in total. The normalized spacial score (nSPS) is 12.5. The van der Waals surface area contributed by atoms with Crippen LogP contribution in [-0.4, -0.2) is 9.61 Å². The third kappa shape index (κ3) is 6.54. The van der Waals surface area contributed by atoms with Crippen LogP contribution in [0.2, 0.25) is 0 Å². The van der Waals surface area contributed by atoms with Gasteiger partial charge >= 0.3 is 0 Å². The molecule has 0 bridgehead atoms. The Balaban J connectivity index is 1.12. The Kier molecular flexibility index (Phi) is 9.73. The molecule has 12 aromatic rings. The van der Waals surface area contributed by atoms with Crippen LogP contribution in [-0.2, 0) is 5.41 Å². The van der Waals surface area contributed by atoms with Crippen molar-refractivity contribution < 1.29 is 0 Å². The average Bonchev–Trinajstić information content (AvgIpc) is 3.99. The molecule has 0 atom stereocenters. The third-order valence-electron chi connectivity index (χ3n) is 14.1. The highest BCUT2D eigenvalue weighted by Crippen LogP contribution is 2.59. The Labute approximate surface area is 402 Å². The molecule has 1 aliphatic rings. The van der Waals surface area contributed by atoms with Crippen molar-refractivity contribution >= 4 is 33.4 Å². The van der Waals surface area contributed by atoms with Gasteiger partial charge in [0.1, 0.15) is 5.69 Å². The van der Waals surface area contributed by atoms with Gasteiger partial charge in [0.2, 0.25) is 0 Å². The zero-order valence-corrected chi connectivity index (χ0v) is 37.8. The Hall–Kier alpha value is -9.05. The molecule has 0 spiro atoms. The fourth-order valence-electron chi connectivity index (χ4n) is 11.1. The Morgan fingerprint density at radius 1 is 0.362 bits per heavy atom.